The molecule has 6 nitrogen and oxygen atoms in total. The third-order valence-electron chi connectivity index (χ3n) is 2.49. The van der Waals surface area contributed by atoms with E-state index in [1.807, 2.05) is 13.0 Å². The van der Waals surface area contributed by atoms with Crippen molar-refractivity contribution < 1.29 is 9.53 Å². The van der Waals surface area contributed by atoms with Crippen LogP contribution in [0.3, 0.4) is 0 Å². The quantitative estimate of drug-likeness (QED) is 0.721. The first kappa shape index (κ1) is 11.1. The van der Waals surface area contributed by atoms with Gasteiger partial charge in [0.15, 0.2) is 0 Å². The van der Waals surface area contributed by atoms with Crippen LogP contribution in [0, 0.1) is 6.92 Å². The second kappa shape index (κ2) is 4.63. The summed E-state index contributed by atoms with van der Waals surface area (Å²) in [5.74, 6) is 0.623. The number of aromatic nitrogens is 2. The van der Waals surface area contributed by atoms with Crippen molar-refractivity contribution in [3.8, 4) is 0 Å². The molecule has 1 aromatic heterocycles. The molecule has 0 spiro atoms. The van der Waals surface area contributed by atoms with Crippen LogP contribution in [0.4, 0.5) is 5.82 Å². The van der Waals surface area contributed by atoms with Gasteiger partial charge in [-0.1, -0.05) is 0 Å². The number of aryl methyl sites for hydroxylation is 2. The Kier molecular flexibility index (Phi) is 3.21. The van der Waals surface area contributed by atoms with E-state index in [1.165, 1.54) is 0 Å². The van der Waals surface area contributed by atoms with Gasteiger partial charge in [-0.05, 0) is 6.92 Å². The van der Waals surface area contributed by atoms with Crippen molar-refractivity contribution in [2.24, 2.45) is 7.05 Å². The van der Waals surface area contributed by atoms with Gasteiger partial charge in [0.2, 0.25) is 5.91 Å². The first-order chi connectivity index (χ1) is 7.66. The van der Waals surface area contributed by atoms with Crippen molar-refractivity contribution in [3.63, 3.8) is 0 Å². The lowest BCUT2D eigenvalue weighted by molar-refractivity contribution is -0.120. The second-order valence-corrected chi connectivity index (χ2v) is 3.87. The summed E-state index contributed by atoms with van der Waals surface area (Å²) in [5.41, 5.74) is 0.880. The minimum atomic E-state index is -0.274. The second-order valence-electron chi connectivity index (χ2n) is 3.87. The van der Waals surface area contributed by atoms with Gasteiger partial charge in [-0.15, -0.1) is 0 Å². The zero-order valence-corrected chi connectivity index (χ0v) is 9.49. The summed E-state index contributed by atoms with van der Waals surface area (Å²) < 4.78 is 6.88. The maximum absolute atomic E-state index is 11.8. The normalized spacial score (nSPS) is 20.8. The molecule has 1 fully saturated rings. The van der Waals surface area contributed by atoms with Crippen LogP contribution >= 0.6 is 0 Å². The van der Waals surface area contributed by atoms with Crippen LogP contribution in [0.15, 0.2) is 6.07 Å². The number of carbonyl (C=O) groups excluding carboxylic acids is 1. The fourth-order valence-electron chi connectivity index (χ4n) is 1.67. The lowest BCUT2D eigenvalue weighted by Crippen LogP contribution is -2.49. The molecule has 2 rings (SSSR count). The Hall–Kier alpha value is -1.40. The monoisotopic (exact) mass is 224 g/mol. The van der Waals surface area contributed by atoms with Crippen molar-refractivity contribution in [3.05, 3.63) is 11.8 Å². The lowest BCUT2D eigenvalue weighted by atomic mass is 10.2. The average Bonchev–Trinajstić information content (AvgIpc) is 2.59. The molecule has 1 aliphatic rings. The molecule has 6 heteroatoms. The molecule has 1 amide bonds. The Bertz CT molecular complexity index is 382. The molecule has 0 aromatic carbocycles. The summed E-state index contributed by atoms with van der Waals surface area (Å²) in [5, 5.41) is 10.1. The van der Waals surface area contributed by atoms with Crippen LogP contribution in [0.2, 0.25) is 0 Å². The molecule has 0 radical (unpaired) electrons. The topological polar surface area (TPSA) is 68.2 Å². The van der Waals surface area contributed by atoms with E-state index in [1.54, 1.807) is 11.7 Å². The number of amides is 1. The van der Waals surface area contributed by atoms with Crippen LogP contribution in [0.1, 0.15) is 5.69 Å². The highest BCUT2D eigenvalue weighted by molar-refractivity contribution is 5.94. The molecule has 1 unspecified atom stereocenters. The molecule has 16 heavy (non-hydrogen) atoms. The molecule has 2 heterocycles. The number of rotatable bonds is 2. The fourth-order valence-corrected chi connectivity index (χ4v) is 1.67. The first-order valence-electron chi connectivity index (χ1n) is 5.29. The zero-order chi connectivity index (χ0) is 11.5. The third-order valence-corrected chi connectivity index (χ3v) is 2.49. The van der Waals surface area contributed by atoms with Crippen molar-refractivity contribution in [1.82, 2.24) is 15.1 Å². The molecule has 1 aliphatic heterocycles. The third kappa shape index (κ3) is 2.40. The van der Waals surface area contributed by atoms with E-state index >= 15 is 0 Å². The number of ether oxygens (including phenoxy) is 1. The molecular weight excluding hydrogens is 208 g/mol. The number of hydrogen-bond acceptors (Lipinski definition) is 4. The van der Waals surface area contributed by atoms with Gasteiger partial charge in [0.1, 0.15) is 11.9 Å². The van der Waals surface area contributed by atoms with Crippen molar-refractivity contribution in [2.45, 2.75) is 13.0 Å². The SMILES string of the molecule is Cc1cc(NC(=O)C2COCCN2)n(C)n1. The van der Waals surface area contributed by atoms with E-state index in [2.05, 4.69) is 15.7 Å². The summed E-state index contributed by atoms with van der Waals surface area (Å²) in [6.45, 7) is 3.68. The van der Waals surface area contributed by atoms with Crippen LogP contribution in [0.25, 0.3) is 0 Å². The first-order valence-corrected chi connectivity index (χ1v) is 5.29. The minimum Gasteiger partial charge on any atom is -0.378 e. The predicted octanol–water partition coefficient (Wildman–Crippen LogP) is -0.345. The van der Waals surface area contributed by atoms with Crippen molar-refractivity contribution in [1.29, 1.82) is 0 Å². The zero-order valence-electron chi connectivity index (χ0n) is 9.49. The molecular formula is C10H16N4O2. The Labute approximate surface area is 94.0 Å². The van der Waals surface area contributed by atoms with E-state index in [4.69, 9.17) is 4.74 Å². The fraction of sp³-hybridized carbons (Fsp3) is 0.600. The molecule has 1 aromatic rings. The molecule has 1 atom stereocenters. The standard InChI is InChI=1S/C10H16N4O2/c1-7-5-9(14(2)13-7)12-10(15)8-6-16-4-3-11-8/h5,8,11H,3-4,6H2,1-2H3,(H,12,15). The molecule has 2 N–H and O–H groups in total. The van der Waals surface area contributed by atoms with Gasteiger partial charge >= 0.3 is 0 Å². The van der Waals surface area contributed by atoms with E-state index in [9.17, 15) is 4.79 Å². The van der Waals surface area contributed by atoms with E-state index in [0.717, 1.165) is 5.69 Å². The number of morpholine rings is 1. The van der Waals surface area contributed by atoms with Gasteiger partial charge in [0, 0.05) is 19.7 Å². The van der Waals surface area contributed by atoms with Crippen molar-refractivity contribution >= 4 is 11.7 Å². The molecule has 88 valence electrons. The Morgan fingerprint density at radius 1 is 1.75 bits per heavy atom. The van der Waals surface area contributed by atoms with Crippen molar-refractivity contribution in [2.75, 3.05) is 25.1 Å². The Morgan fingerprint density at radius 2 is 2.56 bits per heavy atom. The van der Waals surface area contributed by atoms with Crippen LogP contribution in [-0.4, -0.2) is 41.5 Å². The summed E-state index contributed by atoms with van der Waals surface area (Å²) >= 11 is 0. The van der Waals surface area contributed by atoms with E-state index in [-0.39, 0.29) is 11.9 Å². The number of hydrogen-bond donors (Lipinski definition) is 2. The molecule has 0 aliphatic carbocycles. The summed E-state index contributed by atoms with van der Waals surface area (Å²) in [6.07, 6.45) is 0. The highest BCUT2D eigenvalue weighted by atomic mass is 16.5. The number of nitrogens with one attached hydrogen (secondary N) is 2. The number of nitrogens with zero attached hydrogens (tertiary/aromatic N) is 2. The van der Waals surface area contributed by atoms with Gasteiger partial charge in [-0.25, -0.2) is 0 Å². The number of anilines is 1. The van der Waals surface area contributed by atoms with E-state index < -0.39 is 0 Å². The molecule has 0 bridgehead atoms. The van der Waals surface area contributed by atoms with Crippen LogP contribution in [-0.2, 0) is 16.6 Å². The maximum Gasteiger partial charge on any atom is 0.245 e. The number of carbonyl (C=O) groups is 1. The Balaban J connectivity index is 1.98. The molecule has 1 saturated heterocycles. The van der Waals surface area contributed by atoms with Gasteiger partial charge in [0.05, 0.1) is 18.9 Å². The van der Waals surface area contributed by atoms with Gasteiger partial charge in [-0.2, -0.15) is 5.10 Å². The average molecular weight is 224 g/mol. The summed E-state index contributed by atoms with van der Waals surface area (Å²) in [6, 6.07) is 1.56. The largest absolute Gasteiger partial charge is 0.378 e. The van der Waals surface area contributed by atoms with Gasteiger partial charge in [-0.3, -0.25) is 9.48 Å². The minimum absolute atomic E-state index is 0.0808. The smallest absolute Gasteiger partial charge is 0.245 e. The highest BCUT2D eigenvalue weighted by Crippen LogP contribution is 2.08. The maximum atomic E-state index is 11.8. The van der Waals surface area contributed by atoms with Gasteiger partial charge in [0.25, 0.3) is 0 Å². The highest BCUT2D eigenvalue weighted by Gasteiger charge is 2.21. The predicted molar refractivity (Wildman–Crippen MR) is 59.2 cm³/mol. The van der Waals surface area contributed by atoms with Gasteiger partial charge < -0.3 is 15.4 Å². The van der Waals surface area contributed by atoms with E-state index in [0.29, 0.717) is 25.6 Å². The van der Waals surface area contributed by atoms with Crippen LogP contribution < -0.4 is 10.6 Å². The lowest BCUT2D eigenvalue weighted by Gasteiger charge is -2.22. The Morgan fingerprint density at radius 3 is 3.12 bits per heavy atom. The summed E-state index contributed by atoms with van der Waals surface area (Å²) in [4.78, 5) is 11.8. The van der Waals surface area contributed by atoms with Crippen LogP contribution in [0.5, 0.6) is 0 Å². The molecule has 0 saturated carbocycles. The summed E-state index contributed by atoms with van der Waals surface area (Å²) in [7, 11) is 1.80.